The molecule has 33 heavy (non-hydrogen) atoms. The lowest BCUT2D eigenvalue weighted by molar-refractivity contribution is -0.180. The predicted octanol–water partition coefficient (Wildman–Crippen LogP) is 2.29. The first-order valence-corrected chi connectivity index (χ1v) is 10.5. The van der Waals surface area contributed by atoms with Gasteiger partial charge in [-0.05, 0) is 40.8 Å². The number of morpholine rings is 1. The van der Waals surface area contributed by atoms with Crippen molar-refractivity contribution in [2.45, 2.75) is 37.9 Å². The quantitative estimate of drug-likeness (QED) is 0.336. The number of amides is 2. The van der Waals surface area contributed by atoms with E-state index in [2.05, 4.69) is 36.7 Å². The number of hydrogen-bond donors (Lipinski definition) is 5. The van der Waals surface area contributed by atoms with Gasteiger partial charge in [0, 0.05) is 24.8 Å². The lowest BCUT2D eigenvalue weighted by atomic mass is 9.81. The highest BCUT2D eigenvalue weighted by molar-refractivity contribution is 6.02. The van der Waals surface area contributed by atoms with E-state index >= 15 is 0 Å². The molecule has 8 nitrogen and oxygen atoms in total. The van der Waals surface area contributed by atoms with E-state index in [0.717, 1.165) is 5.56 Å². The molecule has 0 saturated carbocycles. The number of aliphatic hydroxyl groups excluding tert-OH is 1. The molecule has 0 spiro atoms. The van der Waals surface area contributed by atoms with Crippen molar-refractivity contribution in [3.63, 3.8) is 0 Å². The summed E-state index contributed by atoms with van der Waals surface area (Å²) in [6.45, 7) is 6.69. The zero-order chi connectivity index (χ0) is 23.5. The third-order valence-electron chi connectivity index (χ3n) is 5.56. The summed E-state index contributed by atoms with van der Waals surface area (Å²) in [7, 11) is 1.65. The summed E-state index contributed by atoms with van der Waals surface area (Å²) < 4.78 is 5.82. The Balaban J connectivity index is 0.00000385. The maximum absolute atomic E-state index is 13.0. The number of anilines is 1. The first-order valence-electron chi connectivity index (χ1n) is 10.5. The van der Waals surface area contributed by atoms with Gasteiger partial charge in [0.25, 0.3) is 11.8 Å². The fraction of sp³-hybridized carbons (Fsp3) is 0.375. The third kappa shape index (κ3) is 5.35. The second kappa shape index (κ2) is 10.3. The fourth-order valence-electron chi connectivity index (χ4n) is 3.63. The molecule has 5 N–H and O–H groups in total. The van der Waals surface area contributed by atoms with Crippen molar-refractivity contribution in [3.8, 4) is 0 Å². The van der Waals surface area contributed by atoms with Crippen molar-refractivity contribution in [1.29, 1.82) is 5.41 Å². The number of benzene rings is 2. The molecule has 1 aliphatic heterocycles. The second-order valence-electron chi connectivity index (χ2n) is 8.76. The van der Waals surface area contributed by atoms with Crippen LogP contribution in [0.5, 0.6) is 0 Å². The number of halogens is 1. The van der Waals surface area contributed by atoms with Gasteiger partial charge < -0.3 is 25.8 Å². The fourth-order valence-corrected chi connectivity index (χ4v) is 3.63. The van der Waals surface area contributed by atoms with Crippen LogP contribution in [-0.2, 0) is 25.3 Å². The maximum Gasteiger partial charge on any atom is 0.260 e. The van der Waals surface area contributed by atoms with E-state index in [9.17, 15) is 14.7 Å². The monoisotopic (exact) mass is 474 g/mol. The lowest BCUT2D eigenvalue weighted by Gasteiger charge is -2.39. The van der Waals surface area contributed by atoms with Gasteiger partial charge in [-0.2, -0.15) is 0 Å². The van der Waals surface area contributed by atoms with Crippen molar-refractivity contribution in [3.05, 3.63) is 65.2 Å². The average molecular weight is 475 g/mol. The van der Waals surface area contributed by atoms with Crippen molar-refractivity contribution < 1.29 is 19.4 Å². The first-order chi connectivity index (χ1) is 15.1. The Morgan fingerprint density at radius 3 is 2.27 bits per heavy atom. The van der Waals surface area contributed by atoms with E-state index in [-0.39, 0.29) is 30.3 Å². The van der Waals surface area contributed by atoms with Crippen LogP contribution in [0.15, 0.2) is 48.5 Å². The predicted molar refractivity (Wildman–Crippen MR) is 130 cm³/mol. The first kappa shape index (κ1) is 26.3. The van der Waals surface area contributed by atoms with Gasteiger partial charge in [-0.3, -0.25) is 15.0 Å². The molecule has 1 fully saturated rings. The summed E-state index contributed by atoms with van der Waals surface area (Å²) in [5, 5.41) is 26.9. The van der Waals surface area contributed by atoms with Crippen LogP contribution in [0.4, 0.5) is 5.69 Å². The number of ether oxygens (including phenoxy) is 1. The second-order valence-corrected chi connectivity index (χ2v) is 8.76. The molecule has 2 aromatic rings. The highest BCUT2D eigenvalue weighted by Gasteiger charge is 2.53. The lowest BCUT2D eigenvalue weighted by Crippen LogP contribution is -2.61. The van der Waals surface area contributed by atoms with E-state index < -0.39 is 23.5 Å². The molecule has 0 bridgehead atoms. The molecule has 1 heterocycles. The molecule has 2 amide bonds. The van der Waals surface area contributed by atoms with Crippen molar-refractivity contribution in [2.24, 2.45) is 0 Å². The summed E-state index contributed by atoms with van der Waals surface area (Å²) >= 11 is 0. The Bertz CT molecular complexity index is 1000. The number of carbonyl (C=O) groups is 2. The molecule has 0 aliphatic carbocycles. The van der Waals surface area contributed by atoms with Crippen molar-refractivity contribution in [1.82, 2.24) is 10.6 Å². The number of aliphatic hydroxyl groups is 1. The molecular formula is C24H31ClN4O4. The number of nitrogens with one attached hydrogen (secondary N) is 4. The van der Waals surface area contributed by atoms with Gasteiger partial charge >= 0.3 is 0 Å². The van der Waals surface area contributed by atoms with Crippen LogP contribution in [0.2, 0.25) is 0 Å². The maximum atomic E-state index is 13.0. The van der Waals surface area contributed by atoms with Crippen LogP contribution < -0.4 is 16.0 Å². The van der Waals surface area contributed by atoms with Gasteiger partial charge in [-0.15, -0.1) is 12.4 Å². The largest absolute Gasteiger partial charge is 0.379 e. The summed E-state index contributed by atoms with van der Waals surface area (Å²) in [6.07, 6.45) is -1.78. The van der Waals surface area contributed by atoms with E-state index in [1.54, 1.807) is 43.4 Å². The molecule has 0 aromatic heterocycles. The number of carbonyl (C=O) groups excluding carboxylic acids is 2. The van der Waals surface area contributed by atoms with Crippen LogP contribution in [0.1, 0.15) is 37.5 Å². The third-order valence-corrected chi connectivity index (χ3v) is 5.56. The Kier molecular flexibility index (Phi) is 8.24. The Hall–Kier alpha value is -2.94. The van der Waals surface area contributed by atoms with Crippen LogP contribution in [-0.4, -0.2) is 49.1 Å². The normalized spacial score (nSPS) is 19.0. The van der Waals surface area contributed by atoms with E-state index in [0.29, 0.717) is 23.4 Å². The number of rotatable bonds is 5. The summed E-state index contributed by atoms with van der Waals surface area (Å²) in [5.41, 5.74) is 0.592. The smallest absolute Gasteiger partial charge is 0.260 e. The minimum absolute atomic E-state index is 0. The van der Waals surface area contributed by atoms with E-state index in [4.69, 9.17) is 10.1 Å². The molecule has 1 saturated heterocycles. The molecule has 178 valence electrons. The molecule has 1 aliphatic rings. The zero-order valence-corrected chi connectivity index (χ0v) is 20.0. The van der Waals surface area contributed by atoms with Crippen molar-refractivity contribution >= 4 is 35.7 Å². The van der Waals surface area contributed by atoms with Crippen LogP contribution in [0.25, 0.3) is 0 Å². The Morgan fingerprint density at radius 2 is 1.76 bits per heavy atom. The summed E-state index contributed by atoms with van der Waals surface area (Å²) in [5.74, 6) is -1.08. The highest BCUT2D eigenvalue weighted by Crippen LogP contribution is 2.34. The van der Waals surface area contributed by atoms with Gasteiger partial charge in [0.1, 0.15) is 5.84 Å². The minimum Gasteiger partial charge on any atom is -0.379 e. The van der Waals surface area contributed by atoms with E-state index in [1.165, 1.54) is 0 Å². The van der Waals surface area contributed by atoms with Crippen LogP contribution in [0.3, 0.4) is 0 Å². The molecule has 2 aromatic carbocycles. The number of amidine groups is 1. The van der Waals surface area contributed by atoms with Gasteiger partial charge in [0.15, 0.2) is 6.10 Å². The van der Waals surface area contributed by atoms with Gasteiger partial charge in [-0.25, -0.2) is 0 Å². The molecule has 3 rings (SSSR count). The summed E-state index contributed by atoms with van der Waals surface area (Å²) in [4.78, 5) is 25.9. The average Bonchev–Trinajstić information content (AvgIpc) is 2.78. The SMILES string of the molecule is CNC(=N)c1ccc(NC(=O)[C@H](O)[C@@]2(c3ccc(C(C)(C)C)cc3)OCCNC2=O)cc1.Cl. The van der Waals surface area contributed by atoms with Gasteiger partial charge in [-0.1, -0.05) is 45.0 Å². The summed E-state index contributed by atoms with van der Waals surface area (Å²) in [6, 6.07) is 13.8. The highest BCUT2D eigenvalue weighted by atomic mass is 35.5. The zero-order valence-electron chi connectivity index (χ0n) is 19.2. The molecule has 9 heteroatoms. The van der Waals surface area contributed by atoms with E-state index in [1.807, 2.05) is 12.1 Å². The molecular weight excluding hydrogens is 444 g/mol. The molecule has 2 atom stereocenters. The van der Waals surface area contributed by atoms with Crippen LogP contribution in [0, 0.1) is 5.41 Å². The standard InChI is InChI=1S/C24H30N4O4.ClH/c1-23(2,3)16-7-9-17(10-8-16)24(22(31)27-13-14-32-24)19(29)21(30)28-18-11-5-15(6-12-18)20(25)26-4;/h5-12,19,29H,13-14H2,1-4H3,(H2,25,26)(H,27,31)(H,28,30);1H/t19-,24+;/m0./s1. The van der Waals surface area contributed by atoms with Gasteiger partial charge in [0.05, 0.1) is 6.61 Å². The topological polar surface area (TPSA) is 124 Å². The Morgan fingerprint density at radius 1 is 1.15 bits per heavy atom. The van der Waals surface area contributed by atoms with Crippen molar-refractivity contribution in [2.75, 3.05) is 25.5 Å². The number of hydrogen-bond acceptors (Lipinski definition) is 5. The van der Waals surface area contributed by atoms with Crippen LogP contribution >= 0.6 is 12.4 Å². The van der Waals surface area contributed by atoms with Gasteiger partial charge in [0.2, 0.25) is 5.60 Å². The minimum atomic E-state index is -1.85. The molecule has 0 radical (unpaired) electrons. The Labute approximate surface area is 200 Å². The molecule has 0 unspecified atom stereocenters.